The number of anilines is 1. The Morgan fingerprint density at radius 2 is 1.94 bits per heavy atom. The van der Waals surface area contributed by atoms with Crippen molar-refractivity contribution in [2.45, 2.75) is 12.8 Å². The lowest BCUT2D eigenvalue weighted by Crippen LogP contribution is -2.35. The van der Waals surface area contributed by atoms with E-state index in [1.807, 2.05) is 0 Å². The van der Waals surface area contributed by atoms with Crippen LogP contribution in [0.15, 0.2) is 54.1 Å². The van der Waals surface area contributed by atoms with E-state index >= 15 is 0 Å². The van der Waals surface area contributed by atoms with Crippen LogP contribution in [0, 0.1) is 5.92 Å². The highest BCUT2D eigenvalue weighted by Gasteiger charge is 2.22. The van der Waals surface area contributed by atoms with Crippen LogP contribution in [0.4, 0.5) is 5.69 Å². The first-order valence-corrected chi connectivity index (χ1v) is 6.07. The molecule has 1 atom stereocenters. The fourth-order valence-corrected chi connectivity index (χ4v) is 2.66. The van der Waals surface area contributed by atoms with E-state index in [0.29, 0.717) is 0 Å². The third-order valence-electron chi connectivity index (χ3n) is 3.60. The zero-order valence-corrected chi connectivity index (χ0v) is 9.47. The number of hydrogen-bond donors (Lipinski definition) is 0. The summed E-state index contributed by atoms with van der Waals surface area (Å²) < 4.78 is 0. The van der Waals surface area contributed by atoms with E-state index in [4.69, 9.17) is 0 Å². The van der Waals surface area contributed by atoms with Crippen LogP contribution in [0.1, 0.15) is 12.8 Å². The van der Waals surface area contributed by atoms with Crippen LogP contribution in [-0.2, 0) is 0 Å². The summed E-state index contributed by atoms with van der Waals surface area (Å²) in [5.74, 6) is 0.749. The monoisotopic (exact) mass is 211 g/mol. The highest BCUT2D eigenvalue weighted by Crippen LogP contribution is 2.30. The standard InChI is InChI=1S/C15H17N/c1-2-8-15(9-3-1)16-11-10-13-6-4-5-7-14(13)12-16/h1-5,8-10,14H,6-7,11-12H2. The number of nitrogens with zero attached hydrogens (tertiary/aromatic N) is 1. The quantitative estimate of drug-likeness (QED) is 0.643. The van der Waals surface area contributed by atoms with Crippen molar-refractivity contribution < 1.29 is 0 Å². The molecule has 1 aromatic rings. The fraction of sp³-hybridized carbons (Fsp3) is 0.333. The van der Waals surface area contributed by atoms with Gasteiger partial charge >= 0.3 is 0 Å². The van der Waals surface area contributed by atoms with Gasteiger partial charge in [0.2, 0.25) is 0 Å². The number of allylic oxidation sites excluding steroid dienone is 2. The Kier molecular flexibility index (Phi) is 2.53. The highest BCUT2D eigenvalue weighted by atomic mass is 15.1. The van der Waals surface area contributed by atoms with Gasteiger partial charge in [-0.1, -0.05) is 42.0 Å². The predicted molar refractivity (Wildman–Crippen MR) is 68.6 cm³/mol. The average Bonchev–Trinajstić information content (AvgIpc) is 2.39. The van der Waals surface area contributed by atoms with Gasteiger partial charge in [0.25, 0.3) is 0 Å². The van der Waals surface area contributed by atoms with E-state index in [1.54, 1.807) is 5.57 Å². The molecule has 1 aliphatic carbocycles. The van der Waals surface area contributed by atoms with Crippen molar-refractivity contribution in [2.24, 2.45) is 5.92 Å². The zero-order valence-electron chi connectivity index (χ0n) is 9.47. The van der Waals surface area contributed by atoms with Crippen molar-refractivity contribution in [3.8, 4) is 0 Å². The number of hydrogen-bond acceptors (Lipinski definition) is 1. The van der Waals surface area contributed by atoms with E-state index in [0.717, 1.165) is 12.5 Å². The lowest BCUT2D eigenvalue weighted by atomic mass is 9.85. The second-order valence-corrected chi connectivity index (χ2v) is 4.63. The van der Waals surface area contributed by atoms with Gasteiger partial charge < -0.3 is 4.90 Å². The topological polar surface area (TPSA) is 3.24 Å². The summed E-state index contributed by atoms with van der Waals surface area (Å²) in [6.07, 6.45) is 9.45. The van der Waals surface area contributed by atoms with Crippen molar-refractivity contribution in [2.75, 3.05) is 18.0 Å². The van der Waals surface area contributed by atoms with E-state index < -0.39 is 0 Å². The molecule has 0 amide bonds. The summed E-state index contributed by atoms with van der Waals surface area (Å²) in [4.78, 5) is 2.48. The molecule has 0 N–H and O–H groups in total. The first-order chi connectivity index (χ1) is 7.93. The van der Waals surface area contributed by atoms with E-state index in [1.165, 1.54) is 25.1 Å². The number of para-hydroxylation sites is 1. The van der Waals surface area contributed by atoms with Crippen LogP contribution >= 0.6 is 0 Å². The van der Waals surface area contributed by atoms with Gasteiger partial charge in [-0.15, -0.1) is 0 Å². The van der Waals surface area contributed by atoms with Crippen molar-refractivity contribution in [1.29, 1.82) is 0 Å². The Labute approximate surface area is 97.1 Å². The Morgan fingerprint density at radius 3 is 2.81 bits per heavy atom. The lowest BCUT2D eigenvalue weighted by molar-refractivity contribution is 0.557. The molecule has 1 heterocycles. The summed E-state index contributed by atoms with van der Waals surface area (Å²) in [5.41, 5.74) is 3.00. The normalized spacial score (nSPS) is 23.9. The van der Waals surface area contributed by atoms with Crippen LogP contribution in [0.5, 0.6) is 0 Å². The van der Waals surface area contributed by atoms with Crippen LogP contribution in [0.2, 0.25) is 0 Å². The van der Waals surface area contributed by atoms with E-state index in [2.05, 4.69) is 53.5 Å². The minimum atomic E-state index is 0.749. The molecule has 0 aromatic heterocycles. The van der Waals surface area contributed by atoms with Gasteiger partial charge in [0.1, 0.15) is 0 Å². The molecule has 1 heteroatoms. The molecule has 0 radical (unpaired) electrons. The second-order valence-electron chi connectivity index (χ2n) is 4.63. The first kappa shape index (κ1) is 9.71. The molecular formula is C15H17N. The van der Waals surface area contributed by atoms with Crippen molar-refractivity contribution >= 4 is 5.69 Å². The second kappa shape index (κ2) is 4.17. The van der Waals surface area contributed by atoms with Gasteiger partial charge in [-0.2, -0.15) is 0 Å². The Hall–Kier alpha value is -1.50. The zero-order chi connectivity index (χ0) is 10.8. The minimum Gasteiger partial charge on any atom is -0.367 e. The van der Waals surface area contributed by atoms with Crippen molar-refractivity contribution in [1.82, 2.24) is 0 Å². The molecule has 0 saturated carbocycles. The minimum absolute atomic E-state index is 0.749. The molecule has 2 aliphatic rings. The Morgan fingerprint density at radius 1 is 1.06 bits per heavy atom. The van der Waals surface area contributed by atoms with Gasteiger partial charge in [-0.3, -0.25) is 0 Å². The maximum atomic E-state index is 2.48. The smallest absolute Gasteiger partial charge is 0.0369 e. The molecule has 0 bridgehead atoms. The largest absolute Gasteiger partial charge is 0.367 e. The van der Waals surface area contributed by atoms with Gasteiger partial charge in [-0.05, 0) is 25.0 Å². The molecule has 1 unspecified atom stereocenters. The maximum Gasteiger partial charge on any atom is 0.0369 e. The van der Waals surface area contributed by atoms with Gasteiger partial charge in [0.15, 0.2) is 0 Å². The highest BCUT2D eigenvalue weighted by molar-refractivity contribution is 5.48. The van der Waals surface area contributed by atoms with Gasteiger partial charge in [0.05, 0.1) is 0 Å². The number of rotatable bonds is 1. The van der Waals surface area contributed by atoms with Crippen LogP contribution in [0.25, 0.3) is 0 Å². The summed E-state index contributed by atoms with van der Waals surface area (Å²) in [7, 11) is 0. The third-order valence-corrected chi connectivity index (χ3v) is 3.60. The molecule has 82 valence electrons. The summed E-state index contributed by atoms with van der Waals surface area (Å²) >= 11 is 0. The molecule has 0 saturated heterocycles. The summed E-state index contributed by atoms with van der Waals surface area (Å²) in [5, 5.41) is 0. The molecule has 16 heavy (non-hydrogen) atoms. The van der Waals surface area contributed by atoms with Crippen molar-refractivity contribution in [3.63, 3.8) is 0 Å². The maximum absolute atomic E-state index is 2.48. The predicted octanol–water partition coefficient (Wildman–Crippen LogP) is 3.40. The molecule has 0 spiro atoms. The fourth-order valence-electron chi connectivity index (χ4n) is 2.66. The first-order valence-electron chi connectivity index (χ1n) is 6.07. The molecular weight excluding hydrogens is 194 g/mol. The molecule has 0 fully saturated rings. The summed E-state index contributed by atoms with van der Waals surface area (Å²) in [6.45, 7) is 2.25. The molecule has 1 aromatic carbocycles. The van der Waals surface area contributed by atoms with Crippen molar-refractivity contribution in [3.05, 3.63) is 54.1 Å². The molecule has 3 rings (SSSR count). The van der Waals surface area contributed by atoms with Crippen LogP contribution < -0.4 is 4.90 Å². The average molecular weight is 211 g/mol. The van der Waals surface area contributed by atoms with E-state index in [9.17, 15) is 0 Å². The Bertz CT molecular complexity index is 416. The van der Waals surface area contributed by atoms with Crippen LogP contribution in [0.3, 0.4) is 0 Å². The Balaban J connectivity index is 1.80. The third kappa shape index (κ3) is 1.78. The van der Waals surface area contributed by atoms with Gasteiger partial charge in [-0.25, -0.2) is 0 Å². The van der Waals surface area contributed by atoms with Gasteiger partial charge in [0, 0.05) is 24.7 Å². The molecule has 1 nitrogen and oxygen atoms in total. The lowest BCUT2D eigenvalue weighted by Gasteiger charge is -2.35. The molecule has 1 aliphatic heterocycles. The summed E-state index contributed by atoms with van der Waals surface area (Å²) in [6, 6.07) is 10.7. The van der Waals surface area contributed by atoms with E-state index in [-0.39, 0.29) is 0 Å². The van der Waals surface area contributed by atoms with Crippen LogP contribution in [-0.4, -0.2) is 13.1 Å². The number of fused-ring (bicyclic) bond motifs is 1. The SMILES string of the molecule is C1=CCC2CN(c3ccccc3)CC=C2C1. The number of benzene rings is 1.